The molecule has 798 valence electrons. The Bertz CT molecular complexity index is 5400. The predicted molar refractivity (Wildman–Crippen MR) is 577 cm³/mol. The number of benzene rings is 7. The van der Waals surface area contributed by atoms with E-state index >= 15 is 0 Å². The third-order valence-corrected chi connectivity index (χ3v) is 24.1. The van der Waals surface area contributed by atoms with Gasteiger partial charge in [0.05, 0.1) is 96.4 Å². The standard InChI is InChI=1S/C18H25NO3.C17H23N3O.3C17H23NO4.C16H21N3O.C15H19N3O/c1-15-7-9-18(10-8-15)21-12-6-4-3-5-11-20-14-17-13-16(2)22-19-17;1-14-3-5-17(6-4-14)20-11-9-19(10-12-20)8-7-16-13-15(2)21-18-16;1-14-4-6-17(7-5-14)21-9-3-8-19-10-11-20-13-16-12-15(2)22-18-16;1-14-4-6-17(7-5-14)21-11-10-19-8-3-9-20-13-16-12-15(2)22-18-16;1-14-3-5-17(6-4-14)21-12-11-20-10-9-19-8-7-16-13-15(2)22-18-16;1-13-3-5-16(6-4-13)19-9-7-18(8-10-19)12-15-11-14(2)20-17-15;1-12-3-5-14(6-4-12)17-7-9-18(10-8-17)15-11-13(2)19-16-15/h7-10,13H,3-6,11-12,14H2,1-2H3;3-6,13H,7-12H2,1-2H3;2*4-7,12H,3,8-11,13H2,1-2H3;3-6,13H,7-12H2,1-2H3;3-6,11H,7-10,12H2,1-2H3;3-6,11H,7-10H2,1-2H3. The number of rotatable bonds is 49. The second kappa shape index (κ2) is 66.4. The molecule has 14 aromatic rings. The molecule has 0 atom stereocenters. The Balaban J connectivity index is 0.000000164. The molecule has 3 saturated heterocycles. The Morgan fingerprint density at radius 1 is 0.209 bits per heavy atom. The molecular formula is C117H157N13O18. The van der Waals surface area contributed by atoms with Crippen LogP contribution in [0.15, 0.2) is 244 Å². The number of aryl methyl sites for hydroxylation is 14. The summed E-state index contributed by atoms with van der Waals surface area (Å²) in [5.41, 5.74) is 18.4. The molecule has 0 aliphatic carbocycles. The van der Waals surface area contributed by atoms with E-state index in [2.05, 4.69) is 199 Å². The van der Waals surface area contributed by atoms with Crippen molar-refractivity contribution in [2.24, 2.45) is 0 Å². The number of hydrogen-bond acceptors (Lipinski definition) is 31. The van der Waals surface area contributed by atoms with Crippen molar-refractivity contribution in [1.29, 1.82) is 0 Å². The monoisotopic (exact) mass is 2030 g/mol. The molecule has 0 bridgehead atoms. The molecule has 0 amide bonds. The number of ether oxygens (including phenoxy) is 11. The molecule has 10 heterocycles. The second-order valence-electron chi connectivity index (χ2n) is 37.3. The van der Waals surface area contributed by atoms with Crippen LogP contribution in [0.5, 0.6) is 23.0 Å². The van der Waals surface area contributed by atoms with Gasteiger partial charge in [-0.05, 0) is 208 Å². The molecule has 148 heavy (non-hydrogen) atoms. The van der Waals surface area contributed by atoms with Crippen molar-refractivity contribution in [3.05, 3.63) is 326 Å². The Labute approximate surface area is 874 Å². The summed E-state index contributed by atoms with van der Waals surface area (Å²) in [5.74, 6) is 10.5. The van der Waals surface area contributed by atoms with Crippen molar-refractivity contribution in [1.82, 2.24) is 45.9 Å². The number of nitrogens with zero attached hydrogens (tertiary/aromatic N) is 13. The molecular weight excluding hydrogens is 1880 g/mol. The van der Waals surface area contributed by atoms with E-state index in [4.69, 9.17) is 83.8 Å². The number of aromatic nitrogens is 7. The molecule has 17 rings (SSSR count). The summed E-state index contributed by atoms with van der Waals surface area (Å²) in [4.78, 5) is 14.6. The van der Waals surface area contributed by atoms with E-state index in [1.165, 1.54) is 56.0 Å². The maximum Gasteiger partial charge on any atom is 0.172 e. The van der Waals surface area contributed by atoms with Gasteiger partial charge in [-0.15, -0.1) is 0 Å². The molecule has 31 nitrogen and oxygen atoms in total. The van der Waals surface area contributed by atoms with Gasteiger partial charge in [-0.2, -0.15) is 0 Å². The van der Waals surface area contributed by atoms with Gasteiger partial charge in [-0.25, -0.2) is 0 Å². The van der Waals surface area contributed by atoms with Gasteiger partial charge in [0.2, 0.25) is 0 Å². The van der Waals surface area contributed by atoms with Crippen molar-refractivity contribution in [3.63, 3.8) is 0 Å². The number of hydrogen-bond donors (Lipinski definition) is 0. The van der Waals surface area contributed by atoms with E-state index in [0.717, 1.165) is 260 Å². The maximum absolute atomic E-state index is 5.70. The molecule has 3 fully saturated rings. The first kappa shape index (κ1) is 115. The average Bonchev–Trinajstić information content (AvgIpc) is 1.53. The van der Waals surface area contributed by atoms with Gasteiger partial charge in [0.25, 0.3) is 0 Å². The Morgan fingerprint density at radius 2 is 0.466 bits per heavy atom. The fraction of sp³-hybridized carbons (Fsp3) is 0.462. The Hall–Kier alpha value is -13.0. The lowest BCUT2D eigenvalue weighted by Gasteiger charge is -2.36. The molecule has 7 aromatic carbocycles. The van der Waals surface area contributed by atoms with Crippen molar-refractivity contribution >= 4 is 22.9 Å². The zero-order valence-electron chi connectivity index (χ0n) is 89.7. The van der Waals surface area contributed by atoms with Gasteiger partial charge >= 0.3 is 0 Å². The first-order valence-corrected chi connectivity index (χ1v) is 52.0. The first-order chi connectivity index (χ1) is 72.1. The summed E-state index contributed by atoms with van der Waals surface area (Å²) >= 11 is 0. The van der Waals surface area contributed by atoms with E-state index in [1.807, 2.05) is 176 Å². The lowest BCUT2D eigenvalue weighted by atomic mass is 10.2. The Morgan fingerprint density at radius 3 is 0.831 bits per heavy atom. The lowest BCUT2D eigenvalue weighted by Crippen LogP contribution is -2.47. The van der Waals surface area contributed by atoms with E-state index in [0.29, 0.717) is 106 Å². The van der Waals surface area contributed by atoms with Crippen LogP contribution in [0.4, 0.5) is 22.9 Å². The minimum atomic E-state index is 0.456. The van der Waals surface area contributed by atoms with Gasteiger partial charge in [-0.1, -0.05) is 166 Å². The van der Waals surface area contributed by atoms with Crippen molar-refractivity contribution in [2.45, 2.75) is 175 Å². The van der Waals surface area contributed by atoms with Crippen LogP contribution in [-0.2, 0) is 72.4 Å². The van der Waals surface area contributed by atoms with Crippen molar-refractivity contribution in [2.75, 3.05) is 204 Å². The fourth-order valence-corrected chi connectivity index (χ4v) is 15.7. The fourth-order valence-electron chi connectivity index (χ4n) is 15.7. The molecule has 0 saturated carbocycles. The molecule has 7 aromatic heterocycles. The third-order valence-electron chi connectivity index (χ3n) is 24.1. The topological polar surface area (TPSA) is 303 Å². The highest BCUT2D eigenvalue weighted by atomic mass is 16.6. The van der Waals surface area contributed by atoms with Crippen LogP contribution < -0.4 is 38.5 Å². The number of piperazine rings is 3. The number of anilines is 4. The maximum atomic E-state index is 5.70. The summed E-state index contributed by atoms with van der Waals surface area (Å²) in [7, 11) is 0. The predicted octanol–water partition coefficient (Wildman–Crippen LogP) is 21.9. The lowest BCUT2D eigenvalue weighted by molar-refractivity contribution is 0.0351. The van der Waals surface area contributed by atoms with Gasteiger partial charge in [0, 0.05) is 197 Å². The molecule has 3 aliphatic rings. The van der Waals surface area contributed by atoms with Gasteiger partial charge in [0.1, 0.15) is 93.6 Å². The SMILES string of the molecule is Cc1ccc(N2CCN(CCc3cc(C)on3)CC2)cc1.Cc1ccc(N2CCN(Cc3cc(C)on3)CC2)cc1.Cc1ccc(N2CCN(c3cc(C)on3)CC2)cc1.Cc1ccc(OCCCCCCOCc2cc(C)on2)cc1.Cc1ccc(OCCCOCCOCc2cc(C)on2)cc1.Cc1ccc(OCCOCCCOCc2cc(C)on2)cc1.Cc1ccc(OCCOCCOCCc2cc(C)on2)cc1. The zero-order valence-corrected chi connectivity index (χ0v) is 89.7. The summed E-state index contributed by atoms with van der Waals surface area (Å²) < 4.78 is 96.1. The zero-order chi connectivity index (χ0) is 104. The highest BCUT2D eigenvalue weighted by Crippen LogP contribution is 2.26. The van der Waals surface area contributed by atoms with Crippen LogP contribution in [-0.4, -0.2) is 230 Å². The van der Waals surface area contributed by atoms with Crippen LogP contribution in [0, 0.1) is 96.9 Å². The molecule has 3 aliphatic heterocycles. The highest BCUT2D eigenvalue weighted by Gasteiger charge is 2.23. The van der Waals surface area contributed by atoms with Gasteiger partial charge in [0.15, 0.2) is 5.82 Å². The normalized spacial score (nSPS) is 13.0. The van der Waals surface area contributed by atoms with Gasteiger partial charge < -0.3 is 103 Å². The number of unbranched alkanes of at least 4 members (excludes halogenated alkanes) is 3. The van der Waals surface area contributed by atoms with Crippen LogP contribution in [0.25, 0.3) is 0 Å². The third kappa shape index (κ3) is 46.6. The summed E-state index contributed by atoms with van der Waals surface area (Å²) in [6.45, 7) is 53.3. The minimum Gasteiger partial charge on any atom is -0.494 e. The second-order valence-corrected chi connectivity index (χ2v) is 37.3. The van der Waals surface area contributed by atoms with E-state index in [1.54, 1.807) is 0 Å². The van der Waals surface area contributed by atoms with Crippen LogP contribution in [0.2, 0.25) is 0 Å². The molecule has 0 N–H and O–H groups in total. The van der Waals surface area contributed by atoms with Crippen LogP contribution in [0.1, 0.15) is 152 Å². The summed E-state index contributed by atoms with van der Waals surface area (Å²) in [5, 5.41) is 27.7. The molecule has 0 unspecified atom stereocenters. The van der Waals surface area contributed by atoms with Gasteiger partial charge in [-0.3, -0.25) is 9.80 Å². The Kier molecular flexibility index (Phi) is 51.7. The van der Waals surface area contributed by atoms with E-state index in [-0.39, 0.29) is 0 Å². The quantitative estimate of drug-likeness (QED) is 0.0320. The minimum absolute atomic E-state index is 0.456. The van der Waals surface area contributed by atoms with E-state index in [9.17, 15) is 0 Å². The van der Waals surface area contributed by atoms with Crippen LogP contribution in [0.3, 0.4) is 0 Å². The first-order valence-electron chi connectivity index (χ1n) is 52.0. The van der Waals surface area contributed by atoms with Crippen molar-refractivity contribution < 1.29 is 83.8 Å². The van der Waals surface area contributed by atoms with Crippen LogP contribution >= 0.6 is 0 Å². The summed E-state index contributed by atoms with van der Waals surface area (Å²) in [6, 6.07) is 72.2. The van der Waals surface area contributed by atoms with E-state index < -0.39 is 0 Å². The average molecular weight is 2030 g/mol. The van der Waals surface area contributed by atoms with Crippen molar-refractivity contribution in [3.8, 4) is 23.0 Å². The molecule has 0 radical (unpaired) electrons. The molecule has 0 spiro atoms. The smallest absolute Gasteiger partial charge is 0.172 e. The summed E-state index contributed by atoms with van der Waals surface area (Å²) in [6.07, 6.45) is 7.92. The highest BCUT2D eigenvalue weighted by molar-refractivity contribution is 5.52. The largest absolute Gasteiger partial charge is 0.494 e. The molecule has 31 heteroatoms.